The lowest BCUT2D eigenvalue weighted by Crippen LogP contribution is -1.92. The molecule has 1 aromatic heterocycles. The predicted molar refractivity (Wildman–Crippen MR) is 96.0 cm³/mol. The number of aromatic nitrogens is 1. The molecule has 4 aromatic rings. The number of benzene rings is 3. The van der Waals surface area contributed by atoms with E-state index in [0.717, 1.165) is 22.3 Å². The largest absolute Gasteiger partial charge is 0.494 e. The number of nitrogens with zero attached hydrogens (tertiary/aromatic N) is 1. The number of hydrogen-bond donors (Lipinski definition) is 0. The van der Waals surface area contributed by atoms with Gasteiger partial charge in [0.1, 0.15) is 11.3 Å². The Labute approximate surface area is 135 Å². The fourth-order valence-electron chi connectivity index (χ4n) is 3.15. The summed E-state index contributed by atoms with van der Waals surface area (Å²) in [5, 5.41) is 3.61. The molecule has 2 heteroatoms. The normalized spacial score (nSPS) is 11.0. The predicted octanol–water partition coefficient (Wildman–Crippen LogP) is 5.37. The van der Waals surface area contributed by atoms with E-state index >= 15 is 0 Å². The van der Waals surface area contributed by atoms with E-state index in [0.29, 0.717) is 0 Å². The smallest absolute Gasteiger partial charge is 0.145 e. The van der Waals surface area contributed by atoms with Crippen molar-refractivity contribution in [3.63, 3.8) is 0 Å². The Balaban J connectivity index is 2.09. The van der Waals surface area contributed by atoms with Crippen molar-refractivity contribution in [2.24, 2.45) is 0 Å². The number of methoxy groups -OCH3 is 1. The van der Waals surface area contributed by atoms with Crippen LogP contribution in [0.5, 0.6) is 5.75 Å². The quantitative estimate of drug-likeness (QED) is 0.496. The van der Waals surface area contributed by atoms with Crippen molar-refractivity contribution in [1.29, 1.82) is 0 Å². The molecule has 0 saturated carbocycles. The second-order valence-electron chi connectivity index (χ2n) is 5.69. The number of aryl methyl sites for hydroxylation is 1. The highest BCUT2D eigenvalue weighted by atomic mass is 16.5. The van der Waals surface area contributed by atoms with Crippen molar-refractivity contribution in [3.8, 4) is 16.9 Å². The van der Waals surface area contributed by atoms with Gasteiger partial charge in [0.15, 0.2) is 0 Å². The molecular formula is C21H17NO. The molecule has 0 radical (unpaired) electrons. The van der Waals surface area contributed by atoms with E-state index in [-0.39, 0.29) is 0 Å². The van der Waals surface area contributed by atoms with Gasteiger partial charge in [0, 0.05) is 11.1 Å². The second kappa shape index (κ2) is 5.40. The fourth-order valence-corrected chi connectivity index (χ4v) is 3.15. The van der Waals surface area contributed by atoms with E-state index in [9.17, 15) is 0 Å². The summed E-state index contributed by atoms with van der Waals surface area (Å²) in [7, 11) is 1.69. The molecule has 0 amide bonds. The molecule has 23 heavy (non-hydrogen) atoms. The maximum atomic E-state index is 5.50. The summed E-state index contributed by atoms with van der Waals surface area (Å²) >= 11 is 0. The summed E-state index contributed by atoms with van der Waals surface area (Å²) in [6, 6.07) is 23.2. The minimum atomic E-state index is 0.813. The van der Waals surface area contributed by atoms with E-state index in [1.165, 1.54) is 21.9 Å². The van der Waals surface area contributed by atoms with Crippen LogP contribution in [0.25, 0.3) is 32.8 Å². The summed E-state index contributed by atoms with van der Waals surface area (Å²) in [5.74, 6) is 0.813. The van der Waals surface area contributed by atoms with E-state index < -0.39 is 0 Å². The van der Waals surface area contributed by atoms with Crippen LogP contribution in [-0.4, -0.2) is 12.1 Å². The summed E-state index contributed by atoms with van der Waals surface area (Å²) in [6.07, 6.45) is 0. The maximum absolute atomic E-state index is 5.50. The Morgan fingerprint density at radius 1 is 0.739 bits per heavy atom. The van der Waals surface area contributed by atoms with Gasteiger partial charge in [-0.2, -0.15) is 0 Å². The minimum absolute atomic E-state index is 0.813. The van der Waals surface area contributed by atoms with Gasteiger partial charge in [-0.1, -0.05) is 48.5 Å². The van der Waals surface area contributed by atoms with Gasteiger partial charge in [-0.15, -0.1) is 0 Å². The SMILES string of the molecule is COc1ccc(-c2cccc3ccccc23)c2ccc(C)nc12. The average molecular weight is 299 g/mol. The molecule has 0 aliphatic carbocycles. The highest BCUT2D eigenvalue weighted by Crippen LogP contribution is 2.36. The Kier molecular flexibility index (Phi) is 3.23. The van der Waals surface area contributed by atoms with Gasteiger partial charge in [-0.3, -0.25) is 0 Å². The summed E-state index contributed by atoms with van der Waals surface area (Å²) in [5.41, 5.74) is 4.32. The Morgan fingerprint density at radius 2 is 1.52 bits per heavy atom. The zero-order valence-electron chi connectivity index (χ0n) is 13.2. The molecule has 0 N–H and O–H groups in total. The number of pyridine rings is 1. The Hall–Kier alpha value is -2.87. The van der Waals surface area contributed by atoms with Crippen molar-refractivity contribution < 1.29 is 4.74 Å². The second-order valence-corrected chi connectivity index (χ2v) is 5.69. The Morgan fingerprint density at radius 3 is 2.39 bits per heavy atom. The topological polar surface area (TPSA) is 22.1 Å². The highest BCUT2D eigenvalue weighted by Gasteiger charge is 2.11. The van der Waals surface area contributed by atoms with Gasteiger partial charge in [0.05, 0.1) is 7.11 Å². The van der Waals surface area contributed by atoms with Crippen LogP contribution < -0.4 is 4.74 Å². The van der Waals surface area contributed by atoms with Gasteiger partial charge in [-0.05, 0) is 47.0 Å². The van der Waals surface area contributed by atoms with Gasteiger partial charge in [0.2, 0.25) is 0 Å². The molecule has 0 saturated heterocycles. The van der Waals surface area contributed by atoms with Crippen LogP contribution >= 0.6 is 0 Å². The lowest BCUT2D eigenvalue weighted by molar-refractivity contribution is 0.419. The molecule has 3 aromatic carbocycles. The van der Waals surface area contributed by atoms with Gasteiger partial charge in [0.25, 0.3) is 0 Å². The lowest BCUT2D eigenvalue weighted by Gasteiger charge is -2.12. The van der Waals surface area contributed by atoms with E-state index in [1.807, 2.05) is 13.0 Å². The van der Waals surface area contributed by atoms with Crippen LogP contribution in [0.15, 0.2) is 66.7 Å². The molecule has 112 valence electrons. The molecule has 0 aliphatic rings. The van der Waals surface area contributed by atoms with Crippen LogP contribution in [0.3, 0.4) is 0 Å². The zero-order chi connectivity index (χ0) is 15.8. The maximum Gasteiger partial charge on any atom is 0.145 e. The summed E-state index contributed by atoms with van der Waals surface area (Å²) in [6.45, 7) is 2.00. The minimum Gasteiger partial charge on any atom is -0.494 e. The highest BCUT2D eigenvalue weighted by molar-refractivity contribution is 6.05. The molecule has 0 atom stereocenters. The van der Waals surface area contributed by atoms with Crippen molar-refractivity contribution >= 4 is 21.7 Å². The first-order valence-corrected chi connectivity index (χ1v) is 7.70. The third-order valence-corrected chi connectivity index (χ3v) is 4.26. The van der Waals surface area contributed by atoms with Gasteiger partial charge in [-0.25, -0.2) is 4.98 Å². The monoisotopic (exact) mass is 299 g/mol. The van der Waals surface area contributed by atoms with Crippen LogP contribution in [0, 0.1) is 6.92 Å². The molecule has 0 bridgehead atoms. The number of rotatable bonds is 2. The van der Waals surface area contributed by atoms with Crippen LogP contribution in [0.1, 0.15) is 5.69 Å². The molecule has 0 aliphatic heterocycles. The zero-order valence-corrected chi connectivity index (χ0v) is 13.2. The molecule has 1 heterocycles. The Bertz CT molecular complexity index is 1020. The van der Waals surface area contributed by atoms with Crippen LogP contribution in [0.4, 0.5) is 0 Å². The lowest BCUT2D eigenvalue weighted by atomic mass is 9.95. The fraction of sp³-hybridized carbons (Fsp3) is 0.0952. The van der Waals surface area contributed by atoms with Crippen molar-refractivity contribution in [3.05, 3.63) is 72.4 Å². The standard InChI is InChI=1S/C21H17NO/c1-14-10-11-19-18(12-13-20(23-2)21(19)22-14)17-9-5-7-15-6-3-4-8-16(15)17/h3-13H,1-2H3. The molecule has 0 spiro atoms. The van der Waals surface area contributed by atoms with Crippen LogP contribution in [-0.2, 0) is 0 Å². The molecule has 2 nitrogen and oxygen atoms in total. The van der Waals surface area contributed by atoms with Gasteiger partial charge < -0.3 is 4.74 Å². The number of fused-ring (bicyclic) bond motifs is 2. The third kappa shape index (κ3) is 2.23. The number of hydrogen-bond acceptors (Lipinski definition) is 2. The first-order chi connectivity index (χ1) is 11.3. The number of ether oxygens (including phenoxy) is 1. The van der Waals surface area contributed by atoms with Crippen molar-refractivity contribution in [2.75, 3.05) is 7.11 Å². The summed E-state index contributed by atoms with van der Waals surface area (Å²) < 4.78 is 5.50. The van der Waals surface area contributed by atoms with Gasteiger partial charge >= 0.3 is 0 Å². The third-order valence-electron chi connectivity index (χ3n) is 4.26. The van der Waals surface area contributed by atoms with E-state index in [2.05, 4.69) is 65.6 Å². The first kappa shape index (κ1) is 13.8. The molecule has 0 fully saturated rings. The molecule has 4 rings (SSSR count). The van der Waals surface area contributed by atoms with Crippen LogP contribution in [0.2, 0.25) is 0 Å². The first-order valence-electron chi connectivity index (χ1n) is 7.70. The van der Waals surface area contributed by atoms with Crippen molar-refractivity contribution in [1.82, 2.24) is 4.98 Å². The summed E-state index contributed by atoms with van der Waals surface area (Å²) in [4.78, 5) is 4.69. The van der Waals surface area contributed by atoms with E-state index in [1.54, 1.807) is 7.11 Å². The molecular weight excluding hydrogens is 282 g/mol. The van der Waals surface area contributed by atoms with Crippen molar-refractivity contribution in [2.45, 2.75) is 6.92 Å². The molecule has 0 unspecified atom stereocenters. The average Bonchev–Trinajstić information content (AvgIpc) is 2.60. The van der Waals surface area contributed by atoms with E-state index in [4.69, 9.17) is 4.74 Å².